The van der Waals surface area contributed by atoms with E-state index in [4.69, 9.17) is 24.1 Å². The van der Waals surface area contributed by atoms with E-state index in [1.807, 2.05) is 0 Å². The Balaban J connectivity index is 2.95. The second-order valence-corrected chi connectivity index (χ2v) is 6.71. The molecule has 0 unspecified atom stereocenters. The van der Waals surface area contributed by atoms with Crippen molar-refractivity contribution in [2.45, 2.75) is 77.6 Å². The average Bonchev–Trinajstić information content (AvgIpc) is 2.66. The summed E-state index contributed by atoms with van der Waals surface area (Å²) in [6.07, 6.45) is 12.1. The molecule has 1 N–H and O–H groups in total. The maximum atomic E-state index is 8.62. The first kappa shape index (κ1) is 25.8. The summed E-state index contributed by atoms with van der Waals surface area (Å²) in [7, 11) is 0. The number of hydrogen-bond donors (Lipinski definition) is 1. The molecular weight excluding hydrogens is 332 g/mol. The summed E-state index contributed by atoms with van der Waals surface area (Å²) in [6, 6.07) is 0. The Hall–Kier alpha value is -0.200. The van der Waals surface area contributed by atoms with Crippen LogP contribution >= 0.6 is 0 Å². The summed E-state index contributed by atoms with van der Waals surface area (Å²) < 4.78 is 22.2. The first-order chi connectivity index (χ1) is 12.9. The fraction of sp³-hybridized carbons (Fsp3) is 1.00. The van der Waals surface area contributed by atoms with Crippen LogP contribution in [0.4, 0.5) is 0 Å². The highest BCUT2D eigenvalue weighted by Crippen LogP contribution is 2.02. The van der Waals surface area contributed by atoms with Gasteiger partial charge in [-0.3, -0.25) is 0 Å². The number of aliphatic hydroxyl groups excluding tert-OH is 1. The van der Waals surface area contributed by atoms with Crippen molar-refractivity contribution >= 4 is 0 Å². The lowest BCUT2D eigenvalue weighted by Gasteiger charge is -2.06. The summed E-state index contributed by atoms with van der Waals surface area (Å²) in [5.74, 6) is 0. The molecule has 0 radical (unpaired) electrons. The third kappa shape index (κ3) is 23.8. The summed E-state index contributed by atoms with van der Waals surface area (Å²) >= 11 is 0. The van der Waals surface area contributed by atoms with Crippen LogP contribution in [0.2, 0.25) is 0 Å². The molecule has 0 saturated heterocycles. The predicted octanol–water partition coefficient (Wildman–Crippen LogP) is 4.36. The van der Waals surface area contributed by atoms with Gasteiger partial charge in [-0.2, -0.15) is 0 Å². The quantitative estimate of drug-likeness (QED) is 0.269. The van der Waals surface area contributed by atoms with Gasteiger partial charge in [0.2, 0.25) is 0 Å². The lowest BCUT2D eigenvalue weighted by molar-refractivity contribution is 0.100. The van der Waals surface area contributed by atoms with Gasteiger partial charge in [-0.25, -0.2) is 0 Å². The molecule has 0 bridgehead atoms. The van der Waals surface area contributed by atoms with Gasteiger partial charge in [0, 0.05) is 59.5 Å². The van der Waals surface area contributed by atoms with Crippen LogP contribution in [0.1, 0.15) is 77.6 Å². The zero-order valence-corrected chi connectivity index (χ0v) is 17.2. The van der Waals surface area contributed by atoms with Crippen molar-refractivity contribution in [3.8, 4) is 0 Å². The standard InChI is InChI=1S/C21H44O5/c1-2-14-23-15-6-3-7-16-24-17-8-4-9-18-25-19-10-5-11-20-26-21-12-13-22/h22H,2-21H2,1H3. The Morgan fingerprint density at radius 1 is 0.423 bits per heavy atom. The molecule has 0 aliphatic heterocycles. The molecule has 0 aromatic heterocycles. The van der Waals surface area contributed by atoms with E-state index in [0.717, 1.165) is 104 Å². The molecule has 5 nitrogen and oxygen atoms in total. The van der Waals surface area contributed by atoms with E-state index in [9.17, 15) is 0 Å². The van der Waals surface area contributed by atoms with Crippen LogP contribution in [-0.4, -0.2) is 64.6 Å². The number of hydrogen-bond acceptors (Lipinski definition) is 5. The van der Waals surface area contributed by atoms with Gasteiger partial charge in [0.25, 0.3) is 0 Å². The van der Waals surface area contributed by atoms with E-state index in [1.165, 1.54) is 12.8 Å². The molecule has 0 fully saturated rings. The molecule has 158 valence electrons. The molecule has 0 aromatic rings. The third-order valence-corrected chi connectivity index (χ3v) is 4.03. The molecule has 0 rings (SSSR count). The van der Waals surface area contributed by atoms with Crippen LogP contribution in [0.3, 0.4) is 0 Å². The molecule has 0 saturated carbocycles. The Bertz CT molecular complexity index is 214. The van der Waals surface area contributed by atoms with Crippen LogP contribution in [-0.2, 0) is 18.9 Å². The zero-order chi connectivity index (χ0) is 19.0. The Labute approximate surface area is 161 Å². The average molecular weight is 377 g/mol. The predicted molar refractivity (Wildman–Crippen MR) is 107 cm³/mol. The van der Waals surface area contributed by atoms with E-state index in [-0.39, 0.29) is 6.61 Å². The van der Waals surface area contributed by atoms with Crippen molar-refractivity contribution in [2.24, 2.45) is 0 Å². The van der Waals surface area contributed by atoms with Gasteiger partial charge < -0.3 is 24.1 Å². The molecule has 0 aromatic carbocycles. The van der Waals surface area contributed by atoms with Gasteiger partial charge in [-0.15, -0.1) is 0 Å². The molecule has 0 heterocycles. The number of aliphatic hydroxyl groups is 1. The van der Waals surface area contributed by atoms with Crippen molar-refractivity contribution in [3.05, 3.63) is 0 Å². The second kappa shape index (κ2) is 24.8. The molecule has 0 spiro atoms. The van der Waals surface area contributed by atoms with Crippen LogP contribution in [0.5, 0.6) is 0 Å². The number of unbranched alkanes of at least 4 members (excludes halogenated alkanes) is 6. The molecule has 26 heavy (non-hydrogen) atoms. The van der Waals surface area contributed by atoms with Crippen molar-refractivity contribution in [1.82, 2.24) is 0 Å². The highest BCUT2D eigenvalue weighted by Gasteiger charge is 1.95. The Kier molecular flexibility index (Phi) is 24.6. The lowest BCUT2D eigenvalue weighted by Crippen LogP contribution is -2.02. The van der Waals surface area contributed by atoms with Crippen molar-refractivity contribution in [2.75, 3.05) is 59.5 Å². The fourth-order valence-electron chi connectivity index (χ4n) is 2.47. The van der Waals surface area contributed by atoms with Gasteiger partial charge >= 0.3 is 0 Å². The molecule has 0 aliphatic carbocycles. The SMILES string of the molecule is CCCOCCCCCOCCCCCOCCCCCOCCCO. The fourth-order valence-corrected chi connectivity index (χ4v) is 2.47. The molecule has 0 aliphatic rings. The summed E-state index contributed by atoms with van der Waals surface area (Å²) in [6.45, 7) is 9.09. The Morgan fingerprint density at radius 2 is 0.731 bits per heavy atom. The number of ether oxygens (including phenoxy) is 4. The first-order valence-corrected chi connectivity index (χ1v) is 10.8. The minimum absolute atomic E-state index is 0.217. The number of rotatable bonds is 23. The van der Waals surface area contributed by atoms with Gasteiger partial charge in [0.05, 0.1) is 0 Å². The van der Waals surface area contributed by atoms with Crippen LogP contribution in [0.25, 0.3) is 0 Å². The van der Waals surface area contributed by atoms with Crippen LogP contribution in [0, 0.1) is 0 Å². The lowest BCUT2D eigenvalue weighted by atomic mass is 10.2. The van der Waals surface area contributed by atoms with Gasteiger partial charge in [-0.1, -0.05) is 6.92 Å². The van der Waals surface area contributed by atoms with Crippen molar-refractivity contribution in [1.29, 1.82) is 0 Å². The van der Waals surface area contributed by atoms with Gasteiger partial charge in [0.1, 0.15) is 0 Å². The smallest absolute Gasteiger partial charge is 0.0487 e. The highest BCUT2D eigenvalue weighted by molar-refractivity contribution is 4.45. The molecule has 5 heteroatoms. The molecule has 0 amide bonds. The minimum atomic E-state index is 0.217. The van der Waals surface area contributed by atoms with Gasteiger partial charge in [0.15, 0.2) is 0 Å². The minimum Gasteiger partial charge on any atom is -0.396 e. The first-order valence-electron chi connectivity index (χ1n) is 10.8. The molecule has 0 atom stereocenters. The maximum Gasteiger partial charge on any atom is 0.0487 e. The largest absolute Gasteiger partial charge is 0.396 e. The third-order valence-electron chi connectivity index (χ3n) is 4.03. The van der Waals surface area contributed by atoms with E-state index in [1.54, 1.807) is 0 Å². The highest BCUT2D eigenvalue weighted by atomic mass is 16.5. The van der Waals surface area contributed by atoms with Gasteiger partial charge in [-0.05, 0) is 70.6 Å². The van der Waals surface area contributed by atoms with Crippen LogP contribution in [0.15, 0.2) is 0 Å². The molecular formula is C21H44O5. The summed E-state index contributed by atoms with van der Waals surface area (Å²) in [5.41, 5.74) is 0. The van der Waals surface area contributed by atoms with E-state index >= 15 is 0 Å². The van der Waals surface area contributed by atoms with Crippen molar-refractivity contribution < 1.29 is 24.1 Å². The summed E-state index contributed by atoms with van der Waals surface area (Å²) in [4.78, 5) is 0. The summed E-state index contributed by atoms with van der Waals surface area (Å²) in [5, 5.41) is 8.62. The van der Waals surface area contributed by atoms with Crippen LogP contribution < -0.4 is 0 Å². The zero-order valence-electron chi connectivity index (χ0n) is 17.2. The topological polar surface area (TPSA) is 57.2 Å². The van der Waals surface area contributed by atoms with Crippen molar-refractivity contribution in [3.63, 3.8) is 0 Å². The second-order valence-electron chi connectivity index (χ2n) is 6.71. The Morgan fingerprint density at radius 3 is 1.04 bits per heavy atom. The van der Waals surface area contributed by atoms with E-state index < -0.39 is 0 Å². The van der Waals surface area contributed by atoms with E-state index in [0.29, 0.717) is 6.61 Å². The van der Waals surface area contributed by atoms with E-state index in [2.05, 4.69) is 6.92 Å². The normalized spacial score (nSPS) is 11.3. The monoisotopic (exact) mass is 376 g/mol. The maximum absolute atomic E-state index is 8.62.